The van der Waals surface area contributed by atoms with Gasteiger partial charge in [0.05, 0.1) is 20.8 Å². The fraction of sp³-hybridized carbons (Fsp3) is 0.704. The first-order chi connectivity index (χ1) is 16.5. The maximum atomic E-state index is 12.0. The molecule has 2 aliphatic rings. The van der Waals surface area contributed by atoms with Gasteiger partial charge in [0.2, 0.25) is 0 Å². The Balaban J connectivity index is 1.38. The summed E-state index contributed by atoms with van der Waals surface area (Å²) < 4.78 is 26.6. The van der Waals surface area contributed by atoms with Crippen LogP contribution in [0.3, 0.4) is 0 Å². The van der Waals surface area contributed by atoms with E-state index in [1.165, 1.54) is 72.0 Å². The summed E-state index contributed by atoms with van der Waals surface area (Å²) in [6.07, 6.45) is 10.1. The monoisotopic (exact) mass is 476 g/mol. The Morgan fingerprint density at radius 3 is 1.85 bits per heavy atom. The highest BCUT2D eigenvalue weighted by molar-refractivity contribution is 5.86. The molecule has 1 saturated heterocycles. The Hall–Kier alpha value is -2.12. The van der Waals surface area contributed by atoms with E-state index in [-0.39, 0.29) is 0 Å². The molecule has 0 amide bonds. The minimum Gasteiger partial charge on any atom is -0.494 e. The Morgan fingerprint density at radius 2 is 1.35 bits per heavy atom. The van der Waals surface area contributed by atoms with Crippen molar-refractivity contribution in [3.05, 3.63) is 29.8 Å². The van der Waals surface area contributed by atoms with Crippen molar-refractivity contribution < 1.29 is 33.3 Å². The lowest BCUT2D eigenvalue weighted by Crippen LogP contribution is -2.38. The molecular weight excluding hydrogens is 436 g/mol. The molecule has 1 aliphatic carbocycles. The molecule has 190 valence electrons. The molecule has 2 atom stereocenters. The average Bonchev–Trinajstić information content (AvgIpc) is 3.32. The van der Waals surface area contributed by atoms with Crippen LogP contribution in [0.4, 0.5) is 0 Å². The van der Waals surface area contributed by atoms with Crippen molar-refractivity contribution in [3.8, 4) is 5.75 Å². The Kier molecular flexibility index (Phi) is 10.7. The number of hydrogen-bond acceptors (Lipinski definition) is 7. The molecule has 0 N–H and O–H groups in total. The van der Waals surface area contributed by atoms with Crippen molar-refractivity contribution in [2.45, 2.75) is 89.6 Å². The maximum Gasteiger partial charge on any atom is 0.338 e. The summed E-state index contributed by atoms with van der Waals surface area (Å²) in [4.78, 5) is 23.9. The topological polar surface area (TPSA) is 80.3 Å². The SMILES string of the molecule is CCCCCC1CCC(CCCOc2ccc(C3O[C@@H](C(=O)OC)[C@H](C(=O)OC)O3)cc2)CC1. The predicted octanol–water partition coefficient (Wildman–Crippen LogP) is 5.36. The third-order valence-electron chi connectivity index (χ3n) is 7.04. The Morgan fingerprint density at radius 1 is 0.824 bits per heavy atom. The minimum absolute atomic E-state index is 0.678. The molecule has 1 aromatic carbocycles. The number of carbonyl (C=O) groups excluding carboxylic acids is 2. The van der Waals surface area contributed by atoms with Crippen molar-refractivity contribution >= 4 is 11.9 Å². The van der Waals surface area contributed by atoms with Gasteiger partial charge in [0, 0.05) is 5.56 Å². The second-order valence-corrected chi connectivity index (χ2v) is 9.43. The van der Waals surface area contributed by atoms with E-state index in [2.05, 4.69) is 6.92 Å². The van der Waals surface area contributed by atoms with Crippen LogP contribution in [-0.4, -0.2) is 45.0 Å². The molecular formula is C27H40O7. The van der Waals surface area contributed by atoms with Crippen LogP contribution < -0.4 is 4.74 Å². The van der Waals surface area contributed by atoms with Crippen LogP contribution in [0.1, 0.15) is 83.0 Å². The van der Waals surface area contributed by atoms with E-state index in [1.54, 1.807) is 0 Å². The van der Waals surface area contributed by atoms with Gasteiger partial charge in [-0.05, 0) is 36.8 Å². The molecule has 1 aromatic rings. The lowest BCUT2D eigenvalue weighted by atomic mass is 9.78. The molecule has 0 spiro atoms. The molecule has 1 heterocycles. The summed E-state index contributed by atoms with van der Waals surface area (Å²) in [5, 5.41) is 0. The largest absolute Gasteiger partial charge is 0.494 e. The number of hydrogen-bond donors (Lipinski definition) is 0. The number of unbranched alkanes of at least 4 members (excludes halogenated alkanes) is 2. The zero-order valence-electron chi connectivity index (χ0n) is 20.8. The molecule has 1 aliphatic heterocycles. The van der Waals surface area contributed by atoms with Gasteiger partial charge >= 0.3 is 11.9 Å². The Bertz CT molecular complexity index is 731. The van der Waals surface area contributed by atoms with Crippen LogP contribution in [0.5, 0.6) is 5.75 Å². The molecule has 0 bridgehead atoms. The third-order valence-corrected chi connectivity index (χ3v) is 7.04. The lowest BCUT2D eigenvalue weighted by Gasteiger charge is -2.28. The number of methoxy groups -OCH3 is 2. The van der Waals surface area contributed by atoms with Crippen LogP contribution in [-0.2, 0) is 28.5 Å². The van der Waals surface area contributed by atoms with E-state index < -0.39 is 30.4 Å². The number of carbonyl (C=O) groups is 2. The summed E-state index contributed by atoms with van der Waals surface area (Å²) >= 11 is 0. The zero-order valence-corrected chi connectivity index (χ0v) is 20.8. The maximum absolute atomic E-state index is 12.0. The quantitative estimate of drug-likeness (QED) is 0.297. The van der Waals surface area contributed by atoms with Crippen molar-refractivity contribution in [2.75, 3.05) is 20.8 Å². The highest BCUT2D eigenvalue weighted by Gasteiger charge is 2.47. The molecule has 0 unspecified atom stereocenters. The molecule has 1 saturated carbocycles. The predicted molar refractivity (Wildman–Crippen MR) is 127 cm³/mol. The molecule has 34 heavy (non-hydrogen) atoms. The second kappa shape index (κ2) is 13.7. The van der Waals surface area contributed by atoms with Gasteiger partial charge < -0.3 is 23.7 Å². The highest BCUT2D eigenvalue weighted by Crippen LogP contribution is 2.35. The van der Waals surface area contributed by atoms with Gasteiger partial charge in [0.1, 0.15) is 5.75 Å². The van der Waals surface area contributed by atoms with Gasteiger partial charge in [-0.25, -0.2) is 9.59 Å². The van der Waals surface area contributed by atoms with Gasteiger partial charge in [-0.3, -0.25) is 0 Å². The minimum atomic E-state index is -1.16. The van der Waals surface area contributed by atoms with Crippen LogP contribution >= 0.6 is 0 Å². The van der Waals surface area contributed by atoms with Gasteiger partial charge in [-0.2, -0.15) is 0 Å². The molecule has 3 rings (SSSR count). The van der Waals surface area contributed by atoms with Gasteiger partial charge in [-0.15, -0.1) is 0 Å². The Labute approximate surface area is 203 Å². The van der Waals surface area contributed by atoms with Crippen LogP contribution in [0.2, 0.25) is 0 Å². The first kappa shape index (κ1) is 26.5. The second-order valence-electron chi connectivity index (χ2n) is 9.43. The van der Waals surface area contributed by atoms with E-state index in [9.17, 15) is 9.59 Å². The van der Waals surface area contributed by atoms with Crippen molar-refractivity contribution in [2.24, 2.45) is 11.8 Å². The van der Waals surface area contributed by atoms with Crippen molar-refractivity contribution in [1.82, 2.24) is 0 Å². The number of benzene rings is 1. The summed E-state index contributed by atoms with van der Waals surface area (Å²) in [7, 11) is 2.47. The normalized spacial score (nSPS) is 25.1. The van der Waals surface area contributed by atoms with Crippen molar-refractivity contribution in [3.63, 3.8) is 0 Å². The summed E-state index contributed by atoms with van der Waals surface area (Å²) in [5.74, 6) is 1.22. The van der Waals surface area contributed by atoms with E-state index in [0.29, 0.717) is 12.2 Å². The van der Waals surface area contributed by atoms with Gasteiger partial charge in [-0.1, -0.05) is 70.4 Å². The average molecular weight is 477 g/mol. The summed E-state index contributed by atoms with van der Waals surface area (Å²) in [6, 6.07) is 7.33. The van der Waals surface area contributed by atoms with Gasteiger partial charge in [0.15, 0.2) is 18.5 Å². The first-order valence-electron chi connectivity index (χ1n) is 12.7. The fourth-order valence-electron chi connectivity index (χ4n) is 4.96. The molecule has 7 heteroatoms. The number of rotatable bonds is 12. The summed E-state index contributed by atoms with van der Waals surface area (Å²) in [6.45, 7) is 2.97. The van der Waals surface area contributed by atoms with Gasteiger partial charge in [0.25, 0.3) is 0 Å². The fourth-order valence-corrected chi connectivity index (χ4v) is 4.96. The van der Waals surface area contributed by atoms with Crippen LogP contribution in [0, 0.1) is 11.8 Å². The molecule has 7 nitrogen and oxygen atoms in total. The first-order valence-corrected chi connectivity index (χ1v) is 12.7. The van der Waals surface area contributed by atoms with Crippen molar-refractivity contribution in [1.29, 1.82) is 0 Å². The molecule has 2 fully saturated rings. The molecule has 0 aromatic heterocycles. The van der Waals surface area contributed by atoms with E-state index >= 15 is 0 Å². The summed E-state index contributed by atoms with van der Waals surface area (Å²) in [5.41, 5.74) is 0.684. The highest BCUT2D eigenvalue weighted by atomic mass is 16.8. The van der Waals surface area contributed by atoms with Crippen LogP contribution in [0.15, 0.2) is 24.3 Å². The number of ether oxygens (including phenoxy) is 5. The lowest BCUT2D eigenvalue weighted by molar-refractivity contribution is -0.160. The third kappa shape index (κ3) is 7.44. The number of esters is 2. The van der Waals surface area contributed by atoms with E-state index in [4.69, 9.17) is 23.7 Å². The van der Waals surface area contributed by atoms with E-state index in [1.807, 2.05) is 24.3 Å². The zero-order chi connectivity index (χ0) is 24.3. The standard InChI is InChI=1S/C27H40O7/c1-4-5-6-8-19-10-12-20(13-11-19)9-7-18-32-22-16-14-21(15-17-22)27-33-23(25(28)30-2)24(34-27)26(29)31-3/h14-17,19-20,23-24,27H,4-13,18H2,1-3H3/t19?,20?,23-,24-/m1/s1. The van der Waals surface area contributed by atoms with Crippen LogP contribution in [0.25, 0.3) is 0 Å². The molecule has 0 radical (unpaired) electrons. The smallest absolute Gasteiger partial charge is 0.338 e. The van der Waals surface area contributed by atoms with E-state index in [0.717, 1.165) is 24.0 Å².